The minimum absolute atomic E-state index is 0.319. The third-order valence-electron chi connectivity index (χ3n) is 5.41. The van der Waals surface area contributed by atoms with Gasteiger partial charge in [0.1, 0.15) is 0 Å². The van der Waals surface area contributed by atoms with Crippen molar-refractivity contribution in [3.63, 3.8) is 0 Å². The summed E-state index contributed by atoms with van der Waals surface area (Å²) in [5.74, 6) is -0.172. The van der Waals surface area contributed by atoms with Crippen LogP contribution in [0.3, 0.4) is 0 Å². The molecule has 2 aliphatic rings. The fraction of sp³-hybridized carbons (Fsp3) is 0.632. The predicted molar refractivity (Wildman–Crippen MR) is 98.3 cm³/mol. The van der Waals surface area contributed by atoms with Crippen molar-refractivity contribution in [2.45, 2.75) is 57.2 Å². The molecule has 1 aliphatic carbocycles. The van der Waals surface area contributed by atoms with Gasteiger partial charge in [0.05, 0.1) is 0 Å². The van der Waals surface area contributed by atoms with Crippen molar-refractivity contribution in [2.75, 3.05) is 20.1 Å². The molecule has 1 saturated carbocycles. The molecule has 0 bridgehead atoms. The van der Waals surface area contributed by atoms with Crippen LogP contribution in [0.1, 0.15) is 44.1 Å². The number of benzene rings is 1. The highest BCUT2D eigenvalue weighted by molar-refractivity contribution is 5.79. The topological polar surface area (TPSA) is 59.9 Å². The van der Waals surface area contributed by atoms with Gasteiger partial charge < -0.3 is 20.6 Å². The SMILES string of the molecule is CN=C(NCc1ccc(O)c(F)c1)NC1CCN(C2CCCC2)CC1. The van der Waals surface area contributed by atoms with Gasteiger partial charge in [0.2, 0.25) is 0 Å². The minimum atomic E-state index is -0.596. The van der Waals surface area contributed by atoms with Crippen LogP contribution in [0.5, 0.6) is 5.75 Å². The highest BCUT2D eigenvalue weighted by atomic mass is 19.1. The van der Waals surface area contributed by atoms with E-state index >= 15 is 0 Å². The first-order valence-corrected chi connectivity index (χ1v) is 9.34. The van der Waals surface area contributed by atoms with Crippen LogP contribution in [0, 0.1) is 5.82 Å². The molecule has 3 N–H and O–H groups in total. The molecule has 1 heterocycles. The fourth-order valence-corrected chi connectivity index (χ4v) is 3.91. The summed E-state index contributed by atoms with van der Waals surface area (Å²) in [6.07, 6.45) is 7.76. The number of nitrogens with zero attached hydrogens (tertiary/aromatic N) is 2. The maximum Gasteiger partial charge on any atom is 0.191 e. The monoisotopic (exact) mass is 348 g/mol. The summed E-state index contributed by atoms with van der Waals surface area (Å²) < 4.78 is 13.4. The average molecular weight is 348 g/mol. The number of nitrogens with one attached hydrogen (secondary N) is 2. The summed E-state index contributed by atoms with van der Waals surface area (Å²) in [6.45, 7) is 2.78. The van der Waals surface area contributed by atoms with E-state index < -0.39 is 5.82 Å². The number of rotatable bonds is 4. The van der Waals surface area contributed by atoms with Crippen LogP contribution in [0.2, 0.25) is 0 Å². The molecule has 0 aromatic heterocycles. The number of phenols is 1. The van der Waals surface area contributed by atoms with E-state index in [0.717, 1.165) is 43.5 Å². The van der Waals surface area contributed by atoms with Gasteiger partial charge in [-0.1, -0.05) is 18.9 Å². The summed E-state index contributed by atoms with van der Waals surface area (Å²) in [5.41, 5.74) is 0.773. The number of likely N-dealkylation sites (tertiary alicyclic amines) is 1. The van der Waals surface area contributed by atoms with E-state index in [9.17, 15) is 9.50 Å². The summed E-state index contributed by atoms with van der Waals surface area (Å²) in [5, 5.41) is 16.0. The van der Waals surface area contributed by atoms with Crippen molar-refractivity contribution in [3.8, 4) is 5.75 Å². The lowest BCUT2D eigenvalue weighted by atomic mass is 10.0. The molecule has 5 nitrogen and oxygen atoms in total. The van der Waals surface area contributed by atoms with Crippen molar-refractivity contribution in [3.05, 3.63) is 29.6 Å². The molecule has 0 atom stereocenters. The van der Waals surface area contributed by atoms with Crippen LogP contribution < -0.4 is 10.6 Å². The molecular weight excluding hydrogens is 319 g/mol. The Morgan fingerprint density at radius 1 is 1.24 bits per heavy atom. The standard InChI is InChI=1S/C19H29FN4O/c1-21-19(22-13-14-6-7-18(25)17(20)12-14)23-15-8-10-24(11-9-15)16-4-2-3-5-16/h6-7,12,15-16,25H,2-5,8-11,13H2,1H3,(H2,21,22,23). The number of guanidine groups is 1. The highest BCUT2D eigenvalue weighted by Gasteiger charge is 2.27. The van der Waals surface area contributed by atoms with Gasteiger partial charge in [-0.05, 0) is 43.4 Å². The number of halogens is 1. The van der Waals surface area contributed by atoms with Crippen molar-refractivity contribution >= 4 is 5.96 Å². The van der Waals surface area contributed by atoms with Crippen LogP contribution in [-0.2, 0) is 6.54 Å². The van der Waals surface area contributed by atoms with E-state index in [1.807, 2.05) is 0 Å². The first kappa shape index (κ1) is 18.0. The smallest absolute Gasteiger partial charge is 0.191 e. The Labute approximate surface area is 149 Å². The maximum atomic E-state index is 13.4. The third-order valence-corrected chi connectivity index (χ3v) is 5.41. The molecule has 1 aromatic rings. The molecule has 3 rings (SSSR count). The number of piperidine rings is 1. The second-order valence-electron chi connectivity index (χ2n) is 7.10. The first-order valence-electron chi connectivity index (χ1n) is 9.34. The quantitative estimate of drug-likeness (QED) is 0.578. The molecule has 6 heteroatoms. The van der Waals surface area contributed by atoms with Gasteiger partial charge in [0.25, 0.3) is 0 Å². The zero-order valence-electron chi connectivity index (χ0n) is 15.0. The lowest BCUT2D eigenvalue weighted by Crippen LogP contribution is -2.50. The second-order valence-corrected chi connectivity index (χ2v) is 7.10. The van der Waals surface area contributed by atoms with Gasteiger partial charge in [-0.3, -0.25) is 4.99 Å². The minimum Gasteiger partial charge on any atom is -0.505 e. The molecular formula is C19H29FN4O. The van der Waals surface area contributed by atoms with Gasteiger partial charge in [-0.25, -0.2) is 4.39 Å². The van der Waals surface area contributed by atoms with Crippen molar-refractivity contribution in [1.29, 1.82) is 0 Å². The second kappa shape index (κ2) is 8.52. The summed E-state index contributed by atoms with van der Waals surface area (Å²) >= 11 is 0. The molecule has 2 fully saturated rings. The van der Waals surface area contributed by atoms with Crippen LogP contribution in [0.25, 0.3) is 0 Å². The fourth-order valence-electron chi connectivity index (χ4n) is 3.91. The van der Waals surface area contributed by atoms with E-state index in [0.29, 0.717) is 12.6 Å². The van der Waals surface area contributed by atoms with E-state index in [-0.39, 0.29) is 5.75 Å². The molecule has 1 aliphatic heterocycles. The summed E-state index contributed by atoms with van der Waals surface area (Å²) in [7, 11) is 1.75. The molecule has 0 amide bonds. The Bertz CT molecular complexity index is 593. The zero-order valence-corrected chi connectivity index (χ0v) is 15.0. The molecule has 0 radical (unpaired) electrons. The van der Waals surface area contributed by atoms with E-state index in [1.165, 1.54) is 37.8 Å². The Kier molecular flexibility index (Phi) is 6.13. The Morgan fingerprint density at radius 2 is 1.96 bits per heavy atom. The molecule has 138 valence electrons. The van der Waals surface area contributed by atoms with Crippen molar-refractivity contribution < 1.29 is 9.50 Å². The Hall–Kier alpha value is -1.82. The molecule has 1 aromatic carbocycles. The van der Waals surface area contributed by atoms with Gasteiger partial charge in [-0.2, -0.15) is 0 Å². The van der Waals surface area contributed by atoms with E-state index in [1.54, 1.807) is 13.1 Å². The summed E-state index contributed by atoms with van der Waals surface area (Å²) in [6, 6.07) is 5.67. The number of hydrogen-bond acceptors (Lipinski definition) is 3. The highest BCUT2D eigenvalue weighted by Crippen LogP contribution is 2.26. The maximum absolute atomic E-state index is 13.4. The molecule has 0 unspecified atom stereocenters. The zero-order chi connectivity index (χ0) is 17.6. The number of hydrogen-bond donors (Lipinski definition) is 3. The molecule has 1 saturated heterocycles. The van der Waals surface area contributed by atoms with Crippen LogP contribution >= 0.6 is 0 Å². The van der Waals surface area contributed by atoms with Crippen LogP contribution in [-0.4, -0.2) is 48.2 Å². The number of aliphatic imine (C=N–C) groups is 1. The van der Waals surface area contributed by atoms with Gasteiger partial charge >= 0.3 is 0 Å². The summed E-state index contributed by atoms with van der Waals surface area (Å²) in [4.78, 5) is 6.92. The van der Waals surface area contributed by atoms with Gasteiger partial charge in [-0.15, -0.1) is 0 Å². The van der Waals surface area contributed by atoms with Crippen molar-refractivity contribution in [2.24, 2.45) is 4.99 Å². The Balaban J connectivity index is 1.44. The van der Waals surface area contributed by atoms with Gasteiger partial charge in [0.15, 0.2) is 17.5 Å². The van der Waals surface area contributed by atoms with Crippen LogP contribution in [0.4, 0.5) is 4.39 Å². The van der Waals surface area contributed by atoms with Crippen molar-refractivity contribution in [1.82, 2.24) is 15.5 Å². The third kappa shape index (κ3) is 4.84. The van der Waals surface area contributed by atoms with E-state index in [4.69, 9.17) is 0 Å². The predicted octanol–water partition coefficient (Wildman–Crippen LogP) is 2.60. The molecule has 0 spiro atoms. The lowest BCUT2D eigenvalue weighted by Gasteiger charge is -2.36. The van der Waals surface area contributed by atoms with Gasteiger partial charge in [0, 0.05) is 38.8 Å². The largest absolute Gasteiger partial charge is 0.505 e. The first-order chi connectivity index (χ1) is 12.2. The molecule has 25 heavy (non-hydrogen) atoms. The van der Waals surface area contributed by atoms with E-state index in [2.05, 4.69) is 20.5 Å². The lowest BCUT2D eigenvalue weighted by molar-refractivity contribution is 0.150. The van der Waals surface area contributed by atoms with Crippen LogP contribution in [0.15, 0.2) is 23.2 Å². The average Bonchev–Trinajstić information content (AvgIpc) is 3.16. The number of aromatic hydroxyl groups is 1. The number of phenolic OH excluding ortho intramolecular Hbond substituents is 1. The Morgan fingerprint density at radius 3 is 2.60 bits per heavy atom. The normalized spacial score (nSPS) is 20.8.